The van der Waals surface area contributed by atoms with Crippen molar-refractivity contribution in [2.75, 3.05) is 20.3 Å². The molecule has 2 aliphatic heterocycles. The van der Waals surface area contributed by atoms with Crippen molar-refractivity contribution in [2.24, 2.45) is 50.7 Å². The van der Waals surface area contributed by atoms with Crippen LogP contribution in [0.15, 0.2) is 0 Å². The van der Waals surface area contributed by atoms with E-state index in [0.717, 1.165) is 32.1 Å². The lowest BCUT2D eigenvalue weighted by molar-refractivity contribution is -0.269. The number of ether oxygens (including phenoxy) is 3. The highest BCUT2D eigenvalue weighted by atomic mass is 16.6. The smallest absolute Gasteiger partial charge is 0.407 e. The Hall–Kier alpha value is -0.970. The van der Waals surface area contributed by atoms with Crippen LogP contribution in [0.1, 0.15) is 99.8 Å². The number of hydrogen-bond acceptors (Lipinski definition) is 8. The van der Waals surface area contributed by atoms with Crippen molar-refractivity contribution in [1.29, 1.82) is 0 Å². The fourth-order valence-electron chi connectivity index (χ4n) is 13.3. The molecule has 7 aliphatic rings. The maximum atomic E-state index is 12.8. The van der Waals surface area contributed by atoms with Gasteiger partial charge in [-0.2, -0.15) is 0 Å². The average Bonchev–Trinajstić information content (AvgIpc) is 3.56. The molecule has 5 saturated carbocycles. The van der Waals surface area contributed by atoms with Crippen molar-refractivity contribution in [1.82, 2.24) is 10.6 Å². The van der Waals surface area contributed by atoms with Crippen molar-refractivity contribution in [2.45, 2.75) is 142 Å². The number of aliphatic hydroxyl groups excluding tert-OH is 2. The minimum Gasteiger partial charge on any atom is -0.446 e. The number of rotatable bonds is 5. The van der Waals surface area contributed by atoms with E-state index in [1.165, 1.54) is 12.8 Å². The Labute approximate surface area is 263 Å². The predicted octanol–water partition coefficient (Wildman–Crippen LogP) is 3.97. The number of amides is 1. The van der Waals surface area contributed by atoms with Crippen LogP contribution in [0, 0.1) is 50.7 Å². The van der Waals surface area contributed by atoms with Crippen LogP contribution in [-0.4, -0.2) is 83.5 Å². The molecule has 250 valence electrons. The fraction of sp³-hybridized carbons (Fsp3) is 0.971. The van der Waals surface area contributed by atoms with E-state index in [-0.39, 0.29) is 57.1 Å². The number of carbonyl (C=O) groups excluding carboxylic acids is 1. The van der Waals surface area contributed by atoms with Crippen molar-refractivity contribution in [3.05, 3.63) is 0 Å². The van der Waals surface area contributed by atoms with Gasteiger partial charge in [-0.15, -0.1) is 0 Å². The van der Waals surface area contributed by atoms with E-state index >= 15 is 0 Å². The summed E-state index contributed by atoms with van der Waals surface area (Å²) < 4.78 is 18.2. The normalized spacial score (nSPS) is 53.1. The van der Waals surface area contributed by atoms with Crippen LogP contribution >= 0.6 is 0 Å². The molecule has 9 heteroatoms. The third-order valence-electron chi connectivity index (χ3n) is 15.5. The van der Waals surface area contributed by atoms with E-state index in [4.69, 9.17) is 14.2 Å². The molecule has 9 nitrogen and oxygen atoms in total. The number of carbonyl (C=O) groups is 1. The van der Waals surface area contributed by atoms with Gasteiger partial charge in [0, 0.05) is 10.8 Å². The molecule has 2 heterocycles. The fourth-order valence-corrected chi connectivity index (χ4v) is 13.3. The topological polar surface area (TPSA) is 130 Å². The Morgan fingerprint density at radius 1 is 1.02 bits per heavy atom. The van der Waals surface area contributed by atoms with Crippen LogP contribution in [0.25, 0.3) is 0 Å². The molecule has 0 aromatic carbocycles. The van der Waals surface area contributed by atoms with Gasteiger partial charge in [-0.1, -0.05) is 34.6 Å². The highest BCUT2D eigenvalue weighted by Gasteiger charge is 2.85. The Balaban J connectivity index is 1.16. The van der Waals surface area contributed by atoms with Crippen LogP contribution in [0.3, 0.4) is 0 Å². The zero-order valence-electron chi connectivity index (χ0n) is 28.2. The lowest BCUT2D eigenvalue weighted by atomic mass is 9.41. The van der Waals surface area contributed by atoms with Gasteiger partial charge < -0.3 is 34.8 Å². The second kappa shape index (κ2) is 9.56. The largest absolute Gasteiger partial charge is 0.446 e. The molecule has 5 aliphatic carbocycles. The zero-order chi connectivity index (χ0) is 31.9. The molecule has 13 atom stereocenters. The van der Waals surface area contributed by atoms with Crippen LogP contribution in [0.2, 0.25) is 0 Å². The Kier molecular flexibility index (Phi) is 6.87. The third kappa shape index (κ3) is 3.77. The van der Waals surface area contributed by atoms with E-state index in [9.17, 15) is 20.1 Å². The predicted molar refractivity (Wildman–Crippen MR) is 164 cm³/mol. The van der Waals surface area contributed by atoms with Gasteiger partial charge in [0.15, 0.2) is 0 Å². The number of nitrogens with one attached hydrogen (secondary N) is 2. The molecular formula is C35H58N2O7. The summed E-state index contributed by atoms with van der Waals surface area (Å²) in [5.41, 5.74) is -2.60. The summed E-state index contributed by atoms with van der Waals surface area (Å²) in [6.07, 6.45) is 5.49. The van der Waals surface area contributed by atoms with Crippen LogP contribution in [0.4, 0.5) is 4.79 Å². The SMILES string of the molecule is CNC1(C(O)C(C)(C)O)CC(C)C2C(O1)C(O)C1(C)C3CCC4C(C)(C)C(OC(=O)NC5COC5)CCC45CC35CCC21C. The first-order chi connectivity index (χ1) is 20.4. The summed E-state index contributed by atoms with van der Waals surface area (Å²) in [4.78, 5) is 12.8. The van der Waals surface area contributed by atoms with Crippen molar-refractivity contribution < 1.29 is 34.3 Å². The highest BCUT2D eigenvalue weighted by Crippen LogP contribution is 2.89. The summed E-state index contributed by atoms with van der Waals surface area (Å²) in [6.45, 7) is 16.1. The summed E-state index contributed by atoms with van der Waals surface area (Å²) in [7, 11) is 1.79. The van der Waals surface area contributed by atoms with Crippen LogP contribution in [-0.2, 0) is 14.2 Å². The summed E-state index contributed by atoms with van der Waals surface area (Å²) in [5, 5.41) is 40.9. The van der Waals surface area contributed by atoms with Gasteiger partial charge >= 0.3 is 6.09 Å². The van der Waals surface area contributed by atoms with Crippen molar-refractivity contribution in [3.8, 4) is 0 Å². The first kappa shape index (κ1) is 31.6. The number of aliphatic hydroxyl groups is 3. The number of likely N-dealkylation sites (N-methyl/N-ethyl adjacent to an activating group) is 1. The van der Waals surface area contributed by atoms with Gasteiger partial charge in [0.25, 0.3) is 0 Å². The van der Waals surface area contributed by atoms with Gasteiger partial charge in [-0.05, 0) is 112 Å². The monoisotopic (exact) mass is 618 g/mol. The molecule has 13 unspecified atom stereocenters. The molecule has 7 rings (SSSR count). The second-order valence-electron chi connectivity index (χ2n) is 17.9. The molecule has 1 amide bonds. The molecule has 7 fully saturated rings. The summed E-state index contributed by atoms with van der Waals surface area (Å²) >= 11 is 0. The van der Waals surface area contributed by atoms with E-state index in [1.807, 2.05) is 0 Å². The lowest BCUT2D eigenvalue weighted by Gasteiger charge is -2.63. The molecule has 2 saturated heterocycles. The maximum Gasteiger partial charge on any atom is 0.407 e. The molecule has 5 N–H and O–H groups in total. The van der Waals surface area contributed by atoms with Crippen molar-refractivity contribution in [3.63, 3.8) is 0 Å². The number of hydrogen-bond donors (Lipinski definition) is 5. The minimum atomic E-state index is -1.36. The number of fused-ring (bicyclic) bond motifs is 4. The molecule has 0 aromatic heterocycles. The van der Waals surface area contributed by atoms with E-state index in [2.05, 4.69) is 45.3 Å². The van der Waals surface area contributed by atoms with Crippen molar-refractivity contribution >= 4 is 6.09 Å². The minimum absolute atomic E-state index is 0.0601. The quantitative estimate of drug-likeness (QED) is 0.313. The molecule has 0 bridgehead atoms. The van der Waals surface area contributed by atoms with Gasteiger partial charge in [0.1, 0.15) is 17.9 Å². The molecule has 0 radical (unpaired) electrons. The third-order valence-corrected chi connectivity index (χ3v) is 15.5. The first-order valence-electron chi connectivity index (χ1n) is 17.4. The number of alkyl carbamates (subject to hydrolysis) is 1. The van der Waals surface area contributed by atoms with Crippen LogP contribution < -0.4 is 10.6 Å². The summed E-state index contributed by atoms with van der Waals surface area (Å²) in [5.74, 6) is 1.23. The standard InChI is InChI=1S/C35H58N2O7/c1-19-15-35(36-8,27(39)30(4,5)41)44-25-24(19)31(6)13-14-34-18-33(34)12-11-23(43-28(40)37-20-16-42-17-20)29(2,3)21(33)9-10-22(34)32(31,7)26(25)38/h19-27,36,38-39,41H,9-18H2,1-8H3,(H,37,40). The zero-order valence-corrected chi connectivity index (χ0v) is 28.2. The first-order valence-corrected chi connectivity index (χ1v) is 17.4. The molecule has 0 aromatic rings. The van der Waals surface area contributed by atoms with Gasteiger partial charge in [-0.3, -0.25) is 5.32 Å². The Bertz CT molecular complexity index is 1190. The van der Waals surface area contributed by atoms with E-state index in [1.54, 1.807) is 20.9 Å². The van der Waals surface area contributed by atoms with Crippen LogP contribution in [0.5, 0.6) is 0 Å². The Morgan fingerprint density at radius 2 is 1.68 bits per heavy atom. The lowest BCUT2D eigenvalue weighted by Crippen LogP contribution is -2.67. The average molecular weight is 619 g/mol. The van der Waals surface area contributed by atoms with E-state index < -0.39 is 29.6 Å². The molecular weight excluding hydrogens is 560 g/mol. The highest BCUT2D eigenvalue weighted by molar-refractivity contribution is 5.68. The van der Waals surface area contributed by atoms with Gasteiger partial charge in [0.05, 0.1) is 37.1 Å². The second-order valence-corrected chi connectivity index (χ2v) is 17.9. The maximum absolute atomic E-state index is 12.8. The Morgan fingerprint density at radius 3 is 2.30 bits per heavy atom. The summed E-state index contributed by atoms with van der Waals surface area (Å²) in [6, 6.07) is 0.0601. The van der Waals surface area contributed by atoms with Gasteiger partial charge in [-0.25, -0.2) is 4.79 Å². The van der Waals surface area contributed by atoms with Gasteiger partial charge in [0.2, 0.25) is 0 Å². The molecule has 2 spiro atoms. The van der Waals surface area contributed by atoms with E-state index in [0.29, 0.717) is 31.5 Å². The molecule has 44 heavy (non-hydrogen) atoms.